The summed E-state index contributed by atoms with van der Waals surface area (Å²) < 4.78 is 16.5. The quantitative estimate of drug-likeness (QED) is 0.848. The summed E-state index contributed by atoms with van der Waals surface area (Å²) in [5.41, 5.74) is 0.898. The van der Waals surface area contributed by atoms with Crippen LogP contribution in [0.25, 0.3) is 0 Å². The molecule has 6 nitrogen and oxygen atoms in total. The van der Waals surface area contributed by atoms with Crippen molar-refractivity contribution in [3.05, 3.63) is 29.3 Å². The molecule has 1 amide bonds. The first-order chi connectivity index (χ1) is 11.7. The topological polar surface area (TPSA) is 73.9 Å². The molecule has 0 bridgehead atoms. The monoisotopic (exact) mass is 347 g/mol. The molecule has 6 heteroatoms. The van der Waals surface area contributed by atoms with Crippen LogP contribution in [-0.4, -0.2) is 29.8 Å². The second-order valence-corrected chi connectivity index (χ2v) is 7.78. The van der Waals surface area contributed by atoms with E-state index in [1.54, 1.807) is 12.1 Å². The molecule has 1 aromatic carbocycles. The Morgan fingerprint density at radius 1 is 1.28 bits per heavy atom. The zero-order valence-corrected chi connectivity index (χ0v) is 15.1. The minimum atomic E-state index is -0.533. The van der Waals surface area contributed by atoms with Crippen LogP contribution in [0, 0.1) is 5.92 Å². The lowest BCUT2D eigenvalue weighted by molar-refractivity contribution is 0.0445. The van der Waals surface area contributed by atoms with E-state index in [1.807, 2.05) is 26.8 Å². The standard InChI is InChI=1S/C19H25NO5/c1-11-5-8-15(16(11)20-18(22)25-19(2,3)4)24-13-6-7-14-12(9-13)10-23-17(14)21/h6-7,9,11,15-16H,5,8,10H2,1-4H3,(H,20,22)/t11-,15?,16+/m0/s1. The molecule has 2 aliphatic rings. The van der Waals surface area contributed by atoms with Crippen molar-refractivity contribution in [3.8, 4) is 5.75 Å². The maximum atomic E-state index is 12.1. The molecule has 1 aromatic rings. The number of fused-ring (bicyclic) bond motifs is 1. The van der Waals surface area contributed by atoms with Gasteiger partial charge in [0.1, 0.15) is 24.1 Å². The number of benzene rings is 1. The van der Waals surface area contributed by atoms with Crippen molar-refractivity contribution >= 4 is 12.1 Å². The molecular weight excluding hydrogens is 322 g/mol. The molecule has 0 spiro atoms. The lowest BCUT2D eigenvalue weighted by Gasteiger charge is -2.27. The van der Waals surface area contributed by atoms with Gasteiger partial charge in [0.2, 0.25) is 0 Å². The molecule has 1 aliphatic heterocycles. The number of ether oxygens (including phenoxy) is 3. The molecule has 1 saturated carbocycles. The molecule has 136 valence electrons. The third-order valence-corrected chi connectivity index (χ3v) is 4.55. The molecule has 0 radical (unpaired) electrons. The highest BCUT2D eigenvalue weighted by molar-refractivity contribution is 5.93. The Hall–Kier alpha value is -2.24. The Labute approximate surface area is 147 Å². The van der Waals surface area contributed by atoms with E-state index in [0.29, 0.717) is 17.2 Å². The first-order valence-corrected chi connectivity index (χ1v) is 8.69. The predicted octanol–water partition coefficient (Wildman–Crippen LogP) is 3.43. The molecule has 1 N–H and O–H groups in total. The van der Waals surface area contributed by atoms with Crippen molar-refractivity contribution in [2.45, 2.75) is 64.9 Å². The number of carbonyl (C=O) groups excluding carboxylic acids is 2. The van der Waals surface area contributed by atoms with Crippen molar-refractivity contribution in [2.75, 3.05) is 0 Å². The second kappa shape index (κ2) is 6.58. The molecule has 1 heterocycles. The van der Waals surface area contributed by atoms with Gasteiger partial charge in [-0.3, -0.25) is 0 Å². The largest absolute Gasteiger partial charge is 0.488 e. The van der Waals surface area contributed by atoms with Crippen LogP contribution in [0.2, 0.25) is 0 Å². The summed E-state index contributed by atoms with van der Waals surface area (Å²) in [7, 11) is 0. The van der Waals surface area contributed by atoms with Crippen LogP contribution in [0.5, 0.6) is 5.75 Å². The van der Waals surface area contributed by atoms with Crippen LogP contribution in [0.1, 0.15) is 56.5 Å². The van der Waals surface area contributed by atoms with Gasteiger partial charge >= 0.3 is 12.1 Å². The van der Waals surface area contributed by atoms with Crippen molar-refractivity contribution in [1.82, 2.24) is 5.32 Å². The number of hydrogen-bond donors (Lipinski definition) is 1. The summed E-state index contributed by atoms with van der Waals surface area (Å²) in [5.74, 6) is 0.699. The van der Waals surface area contributed by atoms with E-state index in [4.69, 9.17) is 14.2 Å². The first kappa shape index (κ1) is 17.6. The fraction of sp³-hybridized carbons (Fsp3) is 0.579. The molecule has 1 fully saturated rings. The van der Waals surface area contributed by atoms with Crippen LogP contribution in [0.4, 0.5) is 4.79 Å². The summed E-state index contributed by atoms with van der Waals surface area (Å²) in [6.45, 7) is 7.90. The van der Waals surface area contributed by atoms with Crippen LogP contribution in [0.15, 0.2) is 18.2 Å². The smallest absolute Gasteiger partial charge is 0.408 e. The van der Waals surface area contributed by atoms with Gasteiger partial charge in [-0.1, -0.05) is 6.92 Å². The Bertz CT molecular complexity index is 679. The maximum absolute atomic E-state index is 12.1. The Morgan fingerprint density at radius 2 is 2.04 bits per heavy atom. The van der Waals surface area contributed by atoms with Gasteiger partial charge in [0.25, 0.3) is 0 Å². The highest BCUT2D eigenvalue weighted by Gasteiger charge is 2.37. The number of alkyl carbamates (subject to hydrolysis) is 1. The van der Waals surface area contributed by atoms with Gasteiger partial charge in [-0.05, 0) is 57.7 Å². The van der Waals surface area contributed by atoms with Crippen molar-refractivity contribution in [3.63, 3.8) is 0 Å². The minimum Gasteiger partial charge on any atom is -0.488 e. The summed E-state index contributed by atoms with van der Waals surface area (Å²) in [5, 5.41) is 2.95. The van der Waals surface area contributed by atoms with Crippen molar-refractivity contribution < 1.29 is 23.8 Å². The first-order valence-electron chi connectivity index (χ1n) is 8.69. The molecule has 1 aliphatic carbocycles. The van der Waals surface area contributed by atoms with Crippen LogP contribution < -0.4 is 10.1 Å². The average Bonchev–Trinajstić information content (AvgIpc) is 3.03. The molecule has 1 unspecified atom stereocenters. The minimum absolute atomic E-state index is 0.110. The van der Waals surface area contributed by atoms with E-state index < -0.39 is 11.7 Å². The lowest BCUT2D eigenvalue weighted by atomic mass is 10.1. The highest BCUT2D eigenvalue weighted by atomic mass is 16.6. The summed E-state index contributed by atoms with van der Waals surface area (Å²) in [4.78, 5) is 23.6. The van der Waals surface area contributed by atoms with E-state index in [0.717, 1.165) is 18.4 Å². The van der Waals surface area contributed by atoms with Gasteiger partial charge in [-0.15, -0.1) is 0 Å². The van der Waals surface area contributed by atoms with Gasteiger partial charge in [-0.25, -0.2) is 9.59 Å². The van der Waals surface area contributed by atoms with Crippen molar-refractivity contribution in [1.29, 1.82) is 0 Å². The fourth-order valence-corrected chi connectivity index (χ4v) is 3.32. The number of esters is 1. The van der Waals surface area contributed by atoms with E-state index >= 15 is 0 Å². The number of cyclic esters (lactones) is 1. The average molecular weight is 347 g/mol. The van der Waals surface area contributed by atoms with Crippen LogP contribution in [-0.2, 0) is 16.1 Å². The number of hydrogen-bond acceptors (Lipinski definition) is 5. The summed E-state index contributed by atoms with van der Waals surface area (Å²) in [6, 6.07) is 5.24. The van der Waals surface area contributed by atoms with Gasteiger partial charge in [0, 0.05) is 5.56 Å². The van der Waals surface area contributed by atoms with E-state index in [9.17, 15) is 9.59 Å². The number of rotatable bonds is 3. The summed E-state index contributed by atoms with van der Waals surface area (Å²) in [6.07, 6.45) is 1.28. The fourth-order valence-electron chi connectivity index (χ4n) is 3.32. The maximum Gasteiger partial charge on any atom is 0.408 e. The SMILES string of the molecule is C[C@H]1CCC(Oc2ccc3c(c2)COC3=O)[C@@H]1NC(=O)OC(C)(C)C. The molecule has 3 rings (SSSR count). The highest BCUT2D eigenvalue weighted by Crippen LogP contribution is 2.31. The summed E-state index contributed by atoms with van der Waals surface area (Å²) >= 11 is 0. The number of nitrogens with one attached hydrogen (secondary N) is 1. The molecule has 25 heavy (non-hydrogen) atoms. The van der Waals surface area contributed by atoms with Gasteiger partial charge in [0.05, 0.1) is 11.6 Å². The normalized spacial score (nSPS) is 25.3. The van der Waals surface area contributed by atoms with Gasteiger partial charge in [0.15, 0.2) is 0 Å². The Balaban J connectivity index is 1.67. The van der Waals surface area contributed by atoms with E-state index in [2.05, 4.69) is 12.2 Å². The van der Waals surface area contributed by atoms with E-state index in [-0.39, 0.29) is 24.7 Å². The van der Waals surface area contributed by atoms with E-state index in [1.165, 1.54) is 0 Å². The molecule has 3 atom stereocenters. The molecular formula is C19H25NO5. The zero-order chi connectivity index (χ0) is 18.2. The van der Waals surface area contributed by atoms with Gasteiger partial charge < -0.3 is 19.5 Å². The number of amides is 1. The third kappa shape index (κ3) is 4.06. The lowest BCUT2D eigenvalue weighted by Crippen LogP contribution is -2.47. The predicted molar refractivity (Wildman–Crippen MR) is 91.5 cm³/mol. The van der Waals surface area contributed by atoms with Crippen LogP contribution >= 0.6 is 0 Å². The van der Waals surface area contributed by atoms with Gasteiger partial charge in [-0.2, -0.15) is 0 Å². The third-order valence-electron chi connectivity index (χ3n) is 4.55. The Kier molecular flexibility index (Phi) is 4.62. The molecule has 0 aromatic heterocycles. The molecule has 0 saturated heterocycles. The zero-order valence-electron chi connectivity index (χ0n) is 15.1. The van der Waals surface area contributed by atoms with Crippen LogP contribution in [0.3, 0.4) is 0 Å². The number of carbonyl (C=O) groups is 2. The Morgan fingerprint density at radius 3 is 2.76 bits per heavy atom. The second-order valence-electron chi connectivity index (χ2n) is 7.78. The van der Waals surface area contributed by atoms with Crippen molar-refractivity contribution in [2.24, 2.45) is 5.92 Å².